The molecule has 236 valence electrons. The van der Waals surface area contributed by atoms with Gasteiger partial charge in [-0.15, -0.1) is 0 Å². The predicted molar refractivity (Wildman–Crippen MR) is 180 cm³/mol. The third-order valence-electron chi connectivity index (χ3n) is 8.13. The van der Waals surface area contributed by atoms with Crippen LogP contribution in [0.1, 0.15) is 49.4 Å². The van der Waals surface area contributed by atoms with Crippen molar-refractivity contribution in [3.63, 3.8) is 0 Å². The first-order valence-electron chi connectivity index (χ1n) is 15.5. The van der Waals surface area contributed by atoms with E-state index in [2.05, 4.69) is 5.32 Å². The first-order valence-corrected chi connectivity index (χ1v) is 16.9. The molecule has 0 radical (unpaired) electrons. The molecule has 0 aliphatic heterocycles. The van der Waals surface area contributed by atoms with Crippen LogP contribution in [0, 0.1) is 6.92 Å². The Bertz CT molecular complexity index is 1680. The molecule has 4 aromatic rings. The van der Waals surface area contributed by atoms with E-state index < -0.39 is 28.5 Å². The van der Waals surface area contributed by atoms with Crippen LogP contribution in [0.25, 0.3) is 0 Å². The van der Waals surface area contributed by atoms with E-state index >= 15 is 0 Å². The summed E-state index contributed by atoms with van der Waals surface area (Å²) in [5, 5.41) is 3.08. The van der Waals surface area contributed by atoms with Crippen LogP contribution in [-0.2, 0) is 39.0 Å². The summed E-state index contributed by atoms with van der Waals surface area (Å²) >= 11 is 0. The Hall–Kier alpha value is -4.43. The number of rotatable bonds is 14. The zero-order valence-electron chi connectivity index (χ0n) is 26.5. The smallest absolute Gasteiger partial charge is 0.264 e. The topological polar surface area (TPSA) is 86.8 Å². The first kappa shape index (κ1) is 33.5. The lowest BCUT2D eigenvalue weighted by Crippen LogP contribution is -2.54. The lowest BCUT2D eigenvalue weighted by atomic mass is 10.0. The van der Waals surface area contributed by atoms with Crippen LogP contribution in [0.3, 0.4) is 0 Å². The Morgan fingerprint density at radius 3 is 1.98 bits per heavy atom. The number of hydrogen-bond donors (Lipinski definition) is 1. The van der Waals surface area contributed by atoms with Gasteiger partial charge in [0.15, 0.2) is 0 Å². The molecule has 0 spiro atoms. The molecule has 8 heteroatoms. The van der Waals surface area contributed by atoms with Crippen LogP contribution in [-0.4, -0.2) is 43.8 Å². The van der Waals surface area contributed by atoms with E-state index in [4.69, 9.17) is 0 Å². The lowest BCUT2D eigenvalue weighted by molar-refractivity contribution is -0.140. The number of para-hydroxylation sites is 1. The highest BCUT2D eigenvalue weighted by atomic mass is 32.2. The molecule has 4 rings (SSSR count). The molecule has 0 bridgehead atoms. The molecule has 0 fully saturated rings. The molecule has 2 atom stereocenters. The van der Waals surface area contributed by atoms with Gasteiger partial charge in [0, 0.05) is 19.0 Å². The summed E-state index contributed by atoms with van der Waals surface area (Å²) in [4.78, 5) is 30.3. The second-order valence-electron chi connectivity index (χ2n) is 11.3. The SMILES string of the molecule is CCc1ccccc1N(CC(=O)N(Cc1ccccc1C)[C@@H](Cc1ccccc1)C(=O)N[C@@H](C)CC)S(=O)(=O)c1ccccc1. The van der Waals surface area contributed by atoms with Crippen molar-refractivity contribution in [2.75, 3.05) is 10.8 Å². The van der Waals surface area contributed by atoms with Gasteiger partial charge in [-0.1, -0.05) is 105 Å². The Labute approximate surface area is 268 Å². The molecular formula is C37H43N3O4S. The van der Waals surface area contributed by atoms with E-state index in [1.807, 2.05) is 94.4 Å². The summed E-state index contributed by atoms with van der Waals surface area (Å²) in [6.07, 6.45) is 1.58. The minimum Gasteiger partial charge on any atom is -0.352 e. The Morgan fingerprint density at radius 1 is 0.778 bits per heavy atom. The minimum atomic E-state index is -4.14. The van der Waals surface area contributed by atoms with Gasteiger partial charge in [-0.3, -0.25) is 13.9 Å². The number of anilines is 1. The molecule has 0 aliphatic carbocycles. The third kappa shape index (κ3) is 8.39. The van der Waals surface area contributed by atoms with Gasteiger partial charge in [-0.2, -0.15) is 0 Å². The predicted octanol–water partition coefficient (Wildman–Crippen LogP) is 6.31. The fraction of sp³-hybridized carbons (Fsp3) is 0.297. The van der Waals surface area contributed by atoms with Crippen LogP contribution >= 0.6 is 0 Å². The molecule has 45 heavy (non-hydrogen) atoms. The van der Waals surface area contributed by atoms with Crippen LogP contribution in [0.2, 0.25) is 0 Å². The van der Waals surface area contributed by atoms with E-state index in [1.165, 1.54) is 16.4 Å². The highest BCUT2D eigenvalue weighted by Crippen LogP contribution is 2.28. The summed E-state index contributed by atoms with van der Waals surface area (Å²) in [5.74, 6) is -0.745. The van der Waals surface area contributed by atoms with Crippen LogP contribution in [0.4, 0.5) is 5.69 Å². The average molecular weight is 626 g/mol. The fourth-order valence-corrected chi connectivity index (χ4v) is 6.73. The number of amides is 2. The Morgan fingerprint density at radius 2 is 1.36 bits per heavy atom. The van der Waals surface area contributed by atoms with Crippen molar-refractivity contribution in [3.8, 4) is 0 Å². The van der Waals surface area contributed by atoms with Crippen molar-refractivity contribution < 1.29 is 18.0 Å². The quantitative estimate of drug-likeness (QED) is 0.178. The van der Waals surface area contributed by atoms with Gasteiger partial charge in [0.1, 0.15) is 12.6 Å². The summed E-state index contributed by atoms with van der Waals surface area (Å²) < 4.78 is 29.6. The van der Waals surface area contributed by atoms with Crippen molar-refractivity contribution in [1.29, 1.82) is 0 Å². The zero-order chi connectivity index (χ0) is 32.4. The molecule has 0 saturated carbocycles. The second-order valence-corrected chi connectivity index (χ2v) is 13.1. The van der Waals surface area contributed by atoms with Gasteiger partial charge in [-0.25, -0.2) is 8.42 Å². The number of sulfonamides is 1. The van der Waals surface area contributed by atoms with Crippen LogP contribution in [0.5, 0.6) is 0 Å². The second kappa shape index (κ2) is 15.5. The molecule has 7 nitrogen and oxygen atoms in total. The summed E-state index contributed by atoms with van der Waals surface area (Å²) in [6.45, 7) is 7.51. The van der Waals surface area contributed by atoms with Crippen LogP contribution < -0.4 is 9.62 Å². The average Bonchev–Trinajstić information content (AvgIpc) is 3.06. The molecule has 4 aromatic carbocycles. The lowest BCUT2D eigenvalue weighted by Gasteiger charge is -2.35. The van der Waals surface area contributed by atoms with E-state index in [0.717, 1.165) is 28.7 Å². The molecular weight excluding hydrogens is 582 g/mol. The molecule has 1 N–H and O–H groups in total. The summed E-state index contributed by atoms with van der Waals surface area (Å²) in [6, 6.07) is 31.7. The fourth-order valence-electron chi connectivity index (χ4n) is 5.25. The number of aryl methyl sites for hydroxylation is 2. The molecule has 0 aromatic heterocycles. The van der Waals surface area contributed by atoms with Gasteiger partial charge >= 0.3 is 0 Å². The first-order chi connectivity index (χ1) is 21.6. The van der Waals surface area contributed by atoms with Crippen LogP contribution in [0.15, 0.2) is 114 Å². The molecule has 0 unspecified atom stereocenters. The Balaban J connectivity index is 1.84. The van der Waals surface area contributed by atoms with E-state index in [1.54, 1.807) is 35.2 Å². The largest absolute Gasteiger partial charge is 0.352 e. The van der Waals surface area contributed by atoms with Gasteiger partial charge in [-0.05, 0) is 67.1 Å². The number of benzene rings is 4. The van der Waals surface area contributed by atoms with Gasteiger partial charge in [0.2, 0.25) is 11.8 Å². The molecule has 2 amide bonds. The summed E-state index contributed by atoms with van der Waals surface area (Å²) in [7, 11) is -4.14. The van der Waals surface area contributed by atoms with Crippen molar-refractivity contribution >= 4 is 27.5 Å². The van der Waals surface area contributed by atoms with E-state index in [-0.39, 0.29) is 29.8 Å². The maximum absolute atomic E-state index is 14.7. The number of carbonyl (C=O) groups is 2. The molecule has 0 heterocycles. The van der Waals surface area contributed by atoms with Crippen molar-refractivity contribution in [2.45, 2.75) is 70.5 Å². The van der Waals surface area contributed by atoms with Gasteiger partial charge in [0.05, 0.1) is 10.6 Å². The Kier molecular flexibility index (Phi) is 11.5. The van der Waals surface area contributed by atoms with Crippen molar-refractivity contribution in [3.05, 3.63) is 131 Å². The highest BCUT2D eigenvalue weighted by molar-refractivity contribution is 7.92. The number of nitrogens with zero attached hydrogens (tertiary/aromatic N) is 2. The maximum atomic E-state index is 14.7. The summed E-state index contributed by atoms with van der Waals surface area (Å²) in [5.41, 5.74) is 3.99. The molecule has 0 aliphatic rings. The normalized spacial score (nSPS) is 12.6. The van der Waals surface area contributed by atoms with Gasteiger partial charge in [0.25, 0.3) is 10.0 Å². The van der Waals surface area contributed by atoms with Crippen molar-refractivity contribution in [2.24, 2.45) is 0 Å². The maximum Gasteiger partial charge on any atom is 0.264 e. The van der Waals surface area contributed by atoms with Gasteiger partial charge < -0.3 is 10.2 Å². The van der Waals surface area contributed by atoms with E-state index in [9.17, 15) is 18.0 Å². The highest BCUT2D eigenvalue weighted by Gasteiger charge is 2.35. The van der Waals surface area contributed by atoms with Crippen molar-refractivity contribution in [1.82, 2.24) is 10.2 Å². The minimum absolute atomic E-state index is 0.0875. The van der Waals surface area contributed by atoms with E-state index in [0.29, 0.717) is 12.1 Å². The number of hydrogen-bond acceptors (Lipinski definition) is 4. The monoisotopic (exact) mass is 625 g/mol. The number of nitrogens with one attached hydrogen (secondary N) is 1. The molecule has 0 saturated heterocycles. The standard InChI is InChI=1S/C37H43N3O4S/c1-5-29(4)38-37(42)35(25-30-18-9-7-10-19-30)39(26-32-21-14-13-17-28(32)3)36(41)27-40(34-24-16-15-20-31(34)6-2)45(43,44)33-22-11-8-12-23-33/h7-24,29,35H,5-6,25-27H2,1-4H3,(H,38,42)/t29-,35-/m0/s1. The number of carbonyl (C=O) groups excluding carboxylic acids is 2. The zero-order valence-corrected chi connectivity index (χ0v) is 27.3. The third-order valence-corrected chi connectivity index (χ3v) is 9.90.